The number of aliphatic hydroxyl groups is 1. The Labute approximate surface area is 122 Å². The van der Waals surface area contributed by atoms with Crippen LogP contribution >= 0.6 is 0 Å². The average Bonchev–Trinajstić information content (AvgIpc) is 2.36. The van der Waals surface area contributed by atoms with Gasteiger partial charge in [-0.2, -0.15) is 0 Å². The molecule has 0 bridgehead atoms. The van der Waals surface area contributed by atoms with Crippen LogP contribution in [0.5, 0.6) is 0 Å². The molecule has 1 unspecified atom stereocenters. The van der Waals surface area contributed by atoms with Gasteiger partial charge in [0.25, 0.3) is 0 Å². The van der Waals surface area contributed by atoms with Crippen LogP contribution in [0.2, 0.25) is 0 Å². The lowest BCUT2D eigenvalue weighted by molar-refractivity contribution is -0.155. The Morgan fingerprint density at radius 2 is 1.80 bits per heavy atom. The van der Waals surface area contributed by atoms with Gasteiger partial charge in [0.2, 0.25) is 0 Å². The summed E-state index contributed by atoms with van der Waals surface area (Å²) in [7, 11) is 0. The van der Waals surface area contributed by atoms with Gasteiger partial charge in [-0.1, -0.05) is 13.8 Å². The number of hydrogen-bond acceptors (Lipinski definition) is 3. The predicted octanol–water partition coefficient (Wildman–Crippen LogP) is 3.08. The standard InChI is InChI=1S/C16H30O4/c1-11(2)13-5-7-16(8-6-13,15(18)19)9-14(17)10-20-12(3)4/h11-14,17H,5-10H2,1-4H3,(H,18,19). The molecule has 0 spiro atoms. The highest BCUT2D eigenvalue weighted by molar-refractivity contribution is 5.74. The molecule has 0 aliphatic heterocycles. The van der Waals surface area contributed by atoms with Crippen LogP contribution in [0.3, 0.4) is 0 Å². The van der Waals surface area contributed by atoms with E-state index in [0.29, 0.717) is 31.1 Å². The van der Waals surface area contributed by atoms with Crippen LogP contribution in [0.4, 0.5) is 0 Å². The fourth-order valence-electron chi connectivity index (χ4n) is 3.18. The van der Waals surface area contributed by atoms with Crippen molar-refractivity contribution in [2.45, 2.75) is 72.0 Å². The molecule has 4 nitrogen and oxygen atoms in total. The molecule has 0 amide bonds. The van der Waals surface area contributed by atoms with E-state index in [1.54, 1.807) is 0 Å². The van der Waals surface area contributed by atoms with Crippen molar-refractivity contribution in [3.8, 4) is 0 Å². The summed E-state index contributed by atoms with van der Waals surface area (Å²) >= 11 is 0. The number of carboxylic acids is 1. The molecule has 2 N–H and O–H groups in total. The Balaban J connectivity index is 2.59. The highest BCUT2D eigenvalue weighted by atomic mass is 16.5. The Morgan fingerprint density at radius 1 is 1.25 bits per heavy atom. The van der Waals surface area contributed by atoms with Crippen molar-refractivity contribution in [1.29, 1.82) is 0 Å². The molecule has 0 aromatic heterocycles. The van der Waals surface area contributed by atoms with Crippen LogP contribution in [0.1, 0.15) is 59.8 Å². The van der Waals surface area contributed by atoms with Crippen LogP contribution < -0.4 is 0 Å². The first kappa shape index (κ1) is 17.4. The molecule has 0 heterocycles. The third-order valence-corrected chi connectivity index (χ3v) is 4.63. The first-order valence-corrected chi connectivity index (χ1v) is 7.80. The number of aliphatic hydroxyl groups excluding tert-OH is 1. The Bertz CT molecular complexity index is 304. The minimum Gasteiger partial charge on any atom is -0.481 e. The topological polar surface area (TPSA) is 66.8 Å². The second-order valence-corrected chi connectivity index (χ2v) is 6.91. The summed E-state index contributed by atoms with van der Waals surface area (Å²) in [6.07, 6.45) is 2.91. The Morgan fingerprint density at radius 3 is 2.20 bits per heavy atom. The maximum atomic E-state index is 11.7. The van der Waals surface area contributed by atoms with Gasteiger partial charge in [0, 0.05) is 0 Å². The first-order valence-electron chi connectivity index (χ1n) is 7.80. The van der Waals surface area contributed by atoms with Gasteiger partial charge in [-0.25, -0.2) is 0 Å². The van der Waals surface area contributed by atoms with Gasteiger partial charge in [-0.3, -0.25) is 4.79 Å². The summed E-state index contributed by atoms with van der Waals surface area (Å²) in [6, 6.07) is 0. The van der Waals surface area contributed by atoms with E-state index in [-0.39, 0.29) is 12.7 Å². The summed E-state index contributed by atoms with van der Waals surface area (Å²) in [5.41, 5.74) is -0.759. The highest BCUT2D eigenvalue weighted by Gasteiger charge is 2.43. The Kier molecular flexibility index (Phi) is 6.46. The summed E-state index contributed by atoms with van der Waals surface area (Å²) in [5.74, 6) is 0.464. The summed E-state index contributed by atoms with van der Waals surface area (Å²) < 4.78 is 5.39. The molecule has 1 atom stereocenters. The van der Waals surface area contributed by atoms with E-state index in [2.05, 4.69) is 13.8 Å². The molecule has 0 radical (unpaired) electrons. The van der Waals surface area contributed by atoms with Crippen molar-refractivity contribution >= 4 is 5.97 Å². The van der Waals surface area contributed by atoms with E-state index in [4.69, 9.17) is 4.74 Å². The molecule has 4 heteroatoms. The first-order chi connectivity index (χ1) is 9.27. The van der Waals surface area contributed by atoms with Gasteiger partial charge in [0.15, 0.2) is 0 Å². The highest BCUT2D eigenvalue weighted by Crippen LogP contribution is 2.44. The smallest absolute Gasteiger partial charge is 0.309 e. The number of hydrogen-bond donors (Lipinski definition) is 2. The van der Waals surface area contributed by atoms with Crippen molar-refractivity contribution in [2.75, 3.05) is 6.61 Å². The van der Waals surface area contributed by atoms with Crippen molar-refractivity contribution in [3.05, 3.63) is 0 Å². The van der Waals surface area contributed by atoms with Crippen LogP contribution in [0.25, 0.3) is 0 Å². The molecular weight excluding hydrogens is 256 g/mol. The summed E-state index contributed by atoms with van der Waals surface area (Å²) in [4.78, 5) is 11.7. The maximum absolute atomic E-state index is 11.7. The van der Waals surface area contributed by atoms with Gasteiger partial charge >= 0.3 is 5.97 Å². The van der Waals surface area contributed by atoms with Crippen molar-refractivity contribution < 1.29 is 19.7 Å². The van der Waals surface area contributed by atoms with Crippen LogP contribution in [-0.4, -0.2) is 35.0 Å². The molecule has 118 valence electrons. The molecule has 1 rings (SSSR count). The number of ether oxygens (including phenoxy) is 1. The van der Waals surface area contributed by atoms with Crippen molar-refractivity contribution in [1.82, 2.24) is 0 Å². The molecule has 0 saturated heterocycles. The SMILES string of the molecule is CC(C)OCC(O)CC1(C(=O)O)CCC(C(C)C)CC1. The van der Waals surface area contributed by atoms with Gasteiger partial charge in [-0.05, 0) is 57.8 Å². The van der Waals surface area contributed by atoms with E-state index < -0.39 is 17.5 Å². The lowest BCUT2D eigenvalue weighted by Crippen LogP contribution is -2.40. The minimum absolute atomic E-state index is 0.0575. The fraction of sp³-hybridized carbons (Fsp3) is 0.938. The summed E-state index contributed by atoms with van der Waals surface area (Å²) in [5, 5.41) is 19.6. The zero-order chi connectivity index (χ0) is 15.3. The largest absolute Gasteiger partial charge is 0.481 e. The number of carbonyl (C=O) groups is 1. The van der Waals surface area contributed by atoms with Gasteiger partial charge in [0.1, 0.15) is 0 Å². The normalized spacial score (nSPS) is 28.9. The van der Waals surface area contributed by atoms with Crippen LogP contribution in [-0.2, 0) is 9.53 Å². The lowest BCUT2D eigenvalue weighted by atomic mass is 9.65. The zero-order valence-corrected chi connectivity index (χ0v) is 13.3. The van der Waals surface area contributed by atoms with Gasteiger partial charge in [-0.15, -0.1) is 0 Å². The van der Waals surface area contributed by atoms with E-state index in [1.807, 2.05) is 13.8 Å². The molecule has 1 fully saturated rings. The van der Waals surface area contributed by atoms with Crippen molar-refractivity contribution in [2.24, 2.45) is 17.3 Å². The van der Waals surface area contributed by atoms with E-state index in [0.717, 1.165) is 12.8 Å². The minimum atomic E-state index is -0.761. The number of carboxylic acid groups (broad SMARTS) is 1. The molecule has 1 aliphatic rings. The van der Waals surface area contributed by atoms with E-state index >= 15 is 0 Å². The molecule has 0 aromatic rings. The predicted molar refractivity (Wildman–Crippen MR) is 78.6 cm³/mol. The monoisotopic (exact) mass is 286 g/mol. The van der Waals surface area contributed by atoms with Crippen LogP contribution in [0.15, 0.2) is 0 Å². The van der Waals surface area contributed by atoms with Gasteiger partial charge in [0.05, 0.1) is 24.2 Å². The quantitative estimate of drug-likeness (QED) is 0.754. The average molecular weight is 286 g/mol. The van der Waals surface area contributed by atoms with Crippen LogP contribution in [0, 0.1) is 17.3 Å². The second kappa shape index (κ2) is 7.41. The molecule has 0 aromatic carbocycles. The molecular formula is C16H30O4. The maximum Gasteiger partial charge on any atom is 0.309 e. The Hall–Kier alpha value is -0.610. The summed E-state index contributed by atoms with van der Waals surface area (Å²) in [6.45, 7) is 8.44. The third-order valence-electron chi connectivity index (χ3n) is 4.63. The molecule has 1 aliphatic carbocycles. The number of rotatable bonds is 7. The van der Waals surface area contributed by atoms with E-state index in [1.165, 1.54) is 0 Å². The van der Waals surface area contributed by atoms with Gasteiger partial charge < -0.3 is 14.9 Å². The third kappa shape index (κ3) is 4.74. The number of aliphatic carboxylic acids is 1. The lowest BCUT2D eigenvalue weighted by Gasteiger charge is -2.39. The molecule has 1 saturated carbocycles. The molecule has 20 heavy (non-hydrogen) atoms. The van der Waals surface area contributed by atoms with E-state index in [9.17, 15) is 15.0 Å². The second-order valence-electron chi connectivity index (χ2n) is 6.91. The van der Waals surface area contributed by atoms with Crippen molar-refractivity contribution in [3.63, 3.8) is 0 Å². The zero-order valence-electron chi connectivity index (χ0n) is 13.3. The fourth-order valence-corrected chi connectivity index (χ4v) is 3.18.